The summed E-state index contributed by atoms with van der Waals surface area (Å²) in [5.74, 6) is 1.85. The minimum atomic E-state index is 0.884. The Morgan fingerprint density at radius 2 is 1.70 bits per heavy atom. The zero-order chi connectivity index (χ0) is 14.7. The molecule has 0 bridgehead atoms. The van der Waals surface area contributed by atoms with Crippen molar-refractivity contribution in [2.75, 3.05) is 7.05 Å². The van der Waals surface area contributed by atoms with Crippen LogP contribution in [0.4, 0.5) is 0 Å². The maximum absolute atomic E-state index is 6.06. The van der Waals surface area contributed by atoms with Gasteiger partial charge in [0.2, 0.25) is 0 Å². The fourth-order valence-electron chi connectivity index (χ4n) is 2.35. The normalized spacial score (nSPS) is 10.7. The van der Waals surface area contributed by atoms with Gasteiger partial charge in [-0.3, -0.25) is 0 Å². The number of rotatable bonds is 4. The van der Waals surface area contributed by atoms with E-state index in [2.05, 4.69) is 57.3 Å². The summed E-state index contributed by atoms with van der Waals surface area (Å²) in [5.41, 5.74) is 6.25. The highest BCUT2D eigenvalue weighted by Crippen LogP contribution is 2.29. The summed E-state index contributed by atoms with van der Waals surface area (Å²) in [6.07, 6.45) is 0. The summed E-state index contributed by atoms with van der Waals surface area (Å²) < 4.78 is 6.06. The molecule has 2 heteroatoms. The molecule has 0 amide bonds. The molecule has 0 aliphatic heterocycles. The molecule has 0 heterocycles. The van der Waals surface area contributed by atoms with E-state index in [4.69, 9.17) is 4.74 Å². The van der Waals surface area contributed by atoms with Crippen molar-refractivity contribution in [1.29, 1.82) is 0 Å². The van der Waals surface area contributed by atoms with Gasteiger partial charge in [0, 0.05) is 6.54 Å². The highest BCUT2D eigenvalue weighted by Gasteiger charge is 2.06. The van der Waals surface area contributed by atoms with Gasteiger partial charge in [-0.15, -0.1) is 0 Å². The monoisotopic (exact) mass is 269 g/mol. The zero-order valence-corrected chi connectivity index (χ0v) is 13.0. The van der Waals surface area contributed by atoms with Gasteiger partial charge in [-0.2, -0.15) is 0 Å². The van der Waals surface area contributed by atoms with Gasteiger partial charge in [0.05, 0.1) is 0 Å². The quantitative estimate of drug-likeness (QED) is 0.886. The van der Waals surface area contributed by atoms with Gasteiger partial charge < -0.3 is 10.1 Å². The van der Waals surface area contributed by atoms with E-state index in [-0.39, 0.29) is 0 Å². The SMILES string of the molecule is CNCc1ccc(Oc2cc(C)cc(C)c2C)cc1C. The average Bonchev–Trinajstić information content (AvgIpc) is 2.39. The predicted molar refractivity (Wildman–Crippen MR) is 84.7 cm³/mol. The third kappa shape index (κ3) is 3.20. The maximum Gasteiger partial charge on any atom is 0.130 e. The van der Waals surface area contributed by atoms with Crippen LogP contribution in [0.3, 0.4) is 0 Å². The molecular weight excluding hydrogens is 246 g/mol. The van der Waals surface area contributed by atoms with E-state index in [1.54, 1.807) is 0 Å². The number of hydrogen-bond donors (Lipinski definition) is 1. The van der Waals surface area contributed by atoms with Gasteiger partial charge in [-0.1, -0.05) is 12.1 Å². The van der Waals surface area contributed by atoms with Gasteiger partial charge in [-0.25, -0.2) is 0 Å². The van der Waals surface area contributed by atoms with Crippen molar-refractivity contribution in [1.82, 2.24) is 5.32 Å². The van der Waals surface area contributed by atoms with Gasteiger partial charge >= 0.3 is 0 Å². The topological polar surface area (TPSA) is 21.3 Å². The van der Waals surface area contributed by atoms with E-state index in [1.165, 1.54) is 27.8 Å². The van der Waals surface area contributed by atoms with Crippen molar-refractivity contribution in [2.24, 2.45) is 0 Å². The molecule has 0 fully saturated rings. The molecule has 2 rings (SSSR count). The Kier molecular flexibility index (Phi) is 4.46. The Balaban J connectivity index is 2.29. The van der Waals surface area contributed by atoms with E-state index < -0.39 is 0 Å². The van der Waals surface area contributed by atoms with Crippen LogP contribution in [0.15, 0.2) is 30.3 Å². The Bertz CT molecular complexity index is 617. The molecule has 0 saturated carbocycles. The highest BCUT2D eigenvalue weighted by molar-refractivity contribution is 5.45. The lowest BCUT2D eigenvalue weighted by atomic mass is 10.1. The molecule has 0 aliphatic rings. The molecular formula is C18H23NO. The number of nitrogens with one attached hydrogen (secondary N) is 1. The molecule has 2 aromatic carbocycles. The summed E-state index contributed by atoms with van der Waals surface area (Å²) in [5, 5.41) is 3.18. The first-order chi connectivity index (χ1) is 9.51. The molecule has 0 aliphatic carbocycles. The van der Waals surface area contributed by atoms with E-state index in [1.807, 2.05) is 13.1 Å². The second-order valence-electron chi connectivity index (χ2n) is 5.43. The van der Waals surface area contributed by atoms with Crippen LogP contribution in [0.1, 0.15) is 27.8 Å². The van der Waals surface area contributed by atoms with Gasteiger partial charge in [-0.05, 0) is 80.8 Å². The third-order valence-corrected chi connectivity index (χ3v) is 3.67. The predicted octanol–water partition coefficient (Wildman–Crippen LogP) is 4.43. The number of ether oxygens (including phenoxy) is 1. The average molecular weight is 269 g/mol. The Morgan fingerprint density at radius 3 is 2.35 bits per heavy atom. The van der Waals surface area contributed by atoms with Gasteiger partial charge in [0.25, 0.3) is 0 Å². The van der Waals surface area contributed by atoms with Crippen LogP contribution in [0.2, 0.25) is 0 Å². The lowest BCUT2D eigenvalue weighted by Gasteiger charge is -2.13. The first kappa shape index (κ1) is 14.6. The molecule has 2 aromatic rings. The van der Waals surface area contributed by atoms with Crippen LogP contribution < -0.4 is 10.1 Å². The summed E-state index contributed by atoms with van der Waals surface area (Å²) in [4.78, 5) is 0. The van der Waals surface area contributed by atoms with Crippen LogP contribution in [0.25, 0.3) is 0 Å². The first-order valence-corrected chi connectivity index (χ1v) is 7.01. The molecule has 20 heavy (non-hydrogen) atoms. The zero-order valence-electron chi connectivity index (χ0n) is 13.0. The van der Waals surface area contributed by atoms with E-state index in [0.717, 1.165) is 18.0 Å². The molecule has 0 saturated heterocycles. The summed E-state index contributed by atoms with van der Waals surface area (Å²) in [7, 11) is 1.96. The molecule has 2 nitrogen and oxygen atoms in total. The maximum atomic E-state index is 6.06. The summed E-state index contributed by atoms with van der Waals surface area (Å²) in [6.45, 7) is 9.33. The van der Waals surface area contributed by atoms with Crippen molar-refractivity contribution >= 4 is 0 Å². The summed E-state index contributed by atoms with van der Waals surface area (Å²) in [6, 6.07) is 10.5. The standard InChI is InChI=1S/C18H23NO/c1-12-8-13(2)15(4)18(9-12)20-17-7-6-16(11-19-5)14(3)10-17/h6-10,19H,11H2,1-5H3. The van der Waals surface area contributed by atoms with Crippen LogP contribution in [-0.4, -0.2) is 7.05 Å². The van der Waals surface area contributed by atoms with E-state index in [0.29, 0.717) is 0 Å². The van der Waals surface area contributed by atoms with Gasteiger partial charge in [0.15, 0.2) is 0 Å². The minimum Gasteiger partial charge on any atom is -0.457 e. The molecule has 106 valence electrons. The molecule has 0 atom stereocenters. The van der Waals surface area contributed by atoms with Crippen LogP contribution in [0.5, 0.6) is 11.5 Å². The van der Waals surface area contributed by atoms with Crippen molar-refractivity contribution in [2.45, 2.75) is 34.2 Å². The Morgan fingerprint density at radius 1 is 0.950 bits per heavy atom. The van der Waals surface area contributed by atoms with Crippen molar-refractivity contribution in [3.63, 3.8) is 0 Å². The molecule has 0 unspecified atom stereocenters. The molecule has 0 radical (unpaired) electrons. The third-order valence-electron chi connectivity index (χ3n) is 3.67. The molecule has 1 N–H and O–H groups in total. The fourth-order valence-corrected chi connectivity index (χ4v) is 2.35. The van der Waals surface area contributed by atoms with Crippen molar-refractivity contribution in [3.05, 3.63) is 58.1 Å². The van der Waals surface area contributed by atoms with Crippen LogP contribution in [-0.2, 0) is 6.54 Å². The lowest BCUT2D eigenvalue weighted by molar-refractivity contribution is 0.477. The number of aryl methyl sites for hydroxylation is 3. The van der Waals surface area contributed by atoms with Crippen LogP contribution in [0, 0.1) is 27.7 Å². The van der Waals surface area contributed by atoms with Crippen molar-refractivity contribution < 1.29 is 4.74 Å². The number of benzene rings is 2. The Hall–Kier alpha value is -1.80. The minimum absolute atomic E-state index is 0.884. The van der Waals surface area contributed by atoms with E-state index >= 15 is 0 Å². The molecule has 0 spiro atoms. The second kappa shape index (κ2) is 6.10. The largest absolute Gasteiger partial charge is 0.457 e. The smallest absolute Gasteiger partial charge is 0.130 e. The summed E-state index contributed by atoms with van der Waals surface area (Å²) >= 11 is 0. The fraction of sp³-hybridized carbons (Fsp3) is 0.333. The van der Waals surface area contributed by atoms with Crippen LogP contribution >= 0.6 is 0 Å². The first-order valence-electron chi connectivity index (χ1n) is 7.01. The van der Waals surface area contributed by atoms with E-state index in [9.17, 15) is 0 Å². The Labute approximate surface area is 121 Å². The van der Waals surface area contributed by atoms with Gasteiger partial charge in [0.1, 0.15) is 11.5 Å². The lowest BCUT2D eigenvalue weighted by Crippen LogP contribution is -2.06. The number of hydrogen-bond acceptors (Lipinski definition) is 2. The highest BCUT2D eigenvalue weighted by atomic mass is 16.5. The molecule has 0 aromatic heterocycles. The van der Waals surface area contributed by atoms with Crippen molar-refractivity contribution in [3.8, 4) is 11.5 Å². The second-order valence-corrected chi connectivity index (χ2v) is 5.43.